The number of aryl methyl sites for hydroxylation is 1. The standard InChI is InChI=1S/C17H25BFN3OS/c1-12-15(24-14-8-6-13(19)7-9-14)16(17(2,3)4)22(21-12)11-10-20-18(5)23/h6-9,20,23H,10-11H2,1-5H3. The molecule has 130 valence electrons. The highest BCUT2D eigenvalue weighted by Gasteiger charge is 2.26. The topological polar surface area (TPSA) is 50.1 Å². The van der Waals surface area contributed by atoms with Crippen LogP contribution in [0.25, 0.3) is 0 Å². The molecular weight excluding hydrogens is 324 g/mol. The lowest BCUT2D eigenvalue weighted by molar-refractivity contribution is 0.470. The first-order chi connectivity index (χ1) is 11.2. The van der Waals surface area contributed by atoms with Gasteiger partial charge in [-0.1, -0.05) is 32.5 Å². The molecule has 7 heteroatoms. The summed E-state index contributed by atoms with van der Waals surface area (Å²) in [4.78, 5) is 2.11. The van der Waals surface area contributed by atoms with Crippen LogP contribution >= 0.6 is 11.8 Å². The van der Waals surface area contributed by atoms with Crippen molar-refractivity contribution in [1.29, 1.82) is 0 Å². The van der Waals surface area contributed by atoms with Crippen molar-refractivity contribution < 1.29 is 9.41 Å². The Morgan fingerprint density at radius 1 is 1.29 bits per heavy atom. The summed E-state index contributed by atoms with van der Waals surface area (Å²) in [6.07, 6.45) is 0. The van der Waals surface area contributed by atoms with Crippen LogP contribution in [-0.4, -0.2) is 28.4 Å². The van der Waals surface area contributed by atoms with E-state index in [9.17, 15) is 9.41 Å². The number of halogens is 1. The molecular formula is C17H25BFN3OS. The van der Waals surface area contributed by atoms with Gasteiger partial charge in [-0.25, -0.2) is 4.39 Å². The smallest absolute Gasteiger partial charge is 0.373 e. The molecule has 1 heterocycles. The van der Waals surface area contributed by atoms with Crippen LogP contribution < -0.4 is 5.23 Å². The fourth-order valence-electron chi connectivity index (χ4n) is 2.58. The zero-order valence-electron chi connectivity index (χ0n) is 14.9. The average Bonchev–Trinajstić information content (AvgIpc) is 2.77. The molecule has 0 aliphatic heterocycles. The predicted octanol–water partition coefficient (Wildman–Crippen LogP) is 3.48. The number of rotatable bonds is 6. The molecule has 4 nitrogen and oxygen atoms in total. The fourth-order valence-corrected chi connectivity index (χ4v) is 3.78. The lowest BCUT2D eigenvalue weighted by atomic mass is 9.89. The molecule has 0 atom stereocenters. The van der Waals surface area contributed by atoms with Crippen molar-refractivity contribution in [2.45, 2.75) is 56.3 Å². The molecule has 1 aromatic carbocycles. The highest BCUT2D eigenvalue weighted by Crippen LogP contribution is 2.38. The molecule has 0 aliphatic carbocycles. The molecule has 1 aromatic heterocycles. The van der Waals surface area contributed by atoms with Crippen LogP contribution in [0, 0.1) is 12.7 Å². The van der Waals surface area contributed by atoms with E-state index in [0.29, 0.717) is 13.1 Å². The molecule has 0 bridgehead atoms. The van der Waals surface area contributed by atoms with E-state index in [0.717, 1.165) is 21.2 Å². The van der Waals surface area contributed by atoms with E-state index in [1.807, 2.05) is 11.6 Å². The Morgan fingerprint density at radius 2 is 1.92 bits per heavy atom. The molecule has 24 heavy (non-hydrogen) atoms. The van der Waals surface area contributed by atoms with Crippen LogP contribution in [0.1, 0.15) is 32.2 Å². The third-order valence-corrected chi connectivity index (χ3v) is 4.78. The van der Waals surface area contributed by atoms with E-state index >= 15 is 0 Å². The molecule has 0 fully saturated rings. The number of hydrogen-bond donors (Lipinski definition) is 2. The van der Waals surface area contributed by atoms with E-state index in [-0.39, 0.29) is 11.2 Å². The van der Waals surface area contributed by atoms with Gasteiger partial charge >= 0.3 is 7.05 Å². The van der Waals surface area contributed by atoms with Gasteiger partial charge in [0.2, 0.25) is 0 Å². The maximum Gasteiger partial charge on any atom is 0.373 e. The van der Waals surface area contributed by atoms with Gasteiger partial charge in [-0.3, -0.25) is 4.68 Å². The minimum atomic E-state index is -0.534. The third kappa shape index (κ3) is 4.85. The first-order valence-corrected chi connectivity index (χ1v) is 8.93. The van der Waals surface area contributed by atoms with Crippen molar-refractivity contribution in [3.05, 3.63) is 41.5 Å². The van der Waals surface area contributed by atoms with Gasteiger partial charge < -0.3 is 10.3 Å². The van der Waals surface area contributed by atoms with Gasteiger partial charge in [-0.15, -0.1) is 0 Å². The lowest BCUT2D eigenvalue weighted by Gasteiger charge is -2.22. The van der Waals surface area contributed by atoms with Gasteiger partial charge in [-0.2, -0.15) is 5.10 Å². The van der Waals surface area contributed by atoms with Gasteiger partial charge in [0, 0.05) is 16.9 Å². The second-order valence-electron chi connectivity index (χ2n) is 6.92. The van der Waals surface area contributed by atoms with Crippen molar-refractivity contribution in [3.63, 3.8) is 0 Å². The molecule has 0 unspecified atom stereocenters. The van der Waals surface area contributed by atoms with Crippen LogP contribution in [0.3, 0.4) is 0 Å². The maximum atomic E-state index is 13.1. The van der Waals surface area contributed by atoms with Gasteiger partial charge in [0.15, 0.2) is 0 Å². The van der Waals surface area contributed by atoms with E-state index in [4.69, 9.17) is 0 Å². The summed E-state index contributed by atoms with van der Waals surface area (Å²) < 4.78 is 15.1. The van der Waals surface area contributed by atoms with Crippen molar-refractivity contribution >= 4 is 18.8 Å². The summed E-state index contributed by atoms with van der Waals surface area (Å²) >= 11 is 1.62. The molecule has 0 amide bonds. The monoisotopic (exact) mass is 349 g/mol. The summed E-state index contributed by atoms with van der Waals surface area (Å²) in [5.41, 5.74) is 2.04. The minimum Gasteiger partial charge on any atom is -0.437 e. The van der Waals surface area contributed by atoms with Crippen molar-refractivity contribution in [3.8, 4) is 0 Å². The van der Waals surface area contributed by atoms with E-state index < -0.39 is 7.05 Å². The minimum absolute atomic E-state index is 0.0749. The molecule has 2 rings (SSSR count). The van der Waals surface area contributed by atoms with E-state index in [1.54, 1.807) is 30.7 Å². The Balaban J connectivity index is 2.32. The van der Waals surface area contributed by atoms with Gasteiger partial charge in [0.05, 0.1) is 22.8 Å². The lowest BCUT2D eigenvalue weighted by Crippen LogP contribution is -2.34. The van der Waals surface area contributed by atoms with E-state index in [2.05, 4.69) is 31.1 Å². The molecule has 2 aromatic rings. The third-order valence-electron chi connectivity index (χ3n) is 3.58. The first-order valence-electron chi connectivity index (χ1n) is 8.11. The summed E-state index contributed by atoms with van der Waals surface area (Å²) in [6.45, 7) is 11.5. The second kappa shape index (κ2) is 7.72. The van der Waals surface area contributed by atoms with Gasteiger partial charge in [0.25, 0.3) is 0 Å². The van der Waals surface area contributed by atoms with Gasteiger partial charge in [-0.05, 0) is 38.0 Å². The highest BCUT2D eigenvalue weighted by molar-refractivity contribution is 7.99. The Hall–Kier alpha value is -1.31. The molecule has 0 saturated carbocycles. The summed E-state index contributed by atoms with van der Waals surface area (Å²) in [5, 5.41) is 17.1. The van der Waals surface area contributed by atoms with Crippen molar-refractivity contribution in [1.82, 2.24) is 15.0 Å². The van der Waals surface area contributed by atoms with Gasteiger partial charge in [0.1, 0.15) is 5.82 Å². The largest absolute Gasteiger partial charge is 0.437 e. The maximum absolute atomic E-state index is 13.1. The average molecular weight is 349 g/mol. The van der Waals surface area contributed by atoms with Crippen LogP contribution in [0.5, 0.6) is 0 Å². The summed E-state index contributed by atoms with van der Waals surface area (Å²) in [7, 11) is -0.534. The Morgan fingerprint density at radius 3 is 2.46 bits per heavy atom. The number of benzene rings is 1. The molecule has 0 aliphatic rings. The molecule has 0 saturated heterocycles. The quantitative estimate of drug-likeness (QED) is 0.784. The Bertz CT molecular complexity index is 680. The number of nitrogens with zero attached hydrogens (tertiary/aromatic N) is 2. The van der Waals surface area contributed by atoms with Crippen LogP contribution in [0.15, 0.2) is 34.1 Å². The SMILES string of the molecule is CB(O)NCCn1nc(C)c(Sc2ccc(F)cc2)c1C(C)(C)C. The number of aromatic nitrogens is 2. The second-order valence-corrected chi connectivity index (χ2v) is 8.01. The highest BCUT2D eigenvalue weighted by atomic mass is 32.2. The van der Waals surface area contributed by atoms with Crippen LogP contribution in [0.2, 0.25) is 6.82 Å². The Labute approximate surface area is 148 Å². The fraction of sp³-hybridized carbons (Fsp3) is 0.471. The normalized spacial score (nSPS) is 11.8. The Kier molecular flexibility index (Phi) is 6.12. The zero-order chi connectivity index (χ0) is 17.9. The van der Waals surface area contributed by atoms with E-state index in [1.165, 1.54) is 12.1 Å². The number of nitrogens with one attached hydrogen (secondary N) is 1. The number of hydrogen-bond acceptors (Lipinski definition) is 4. The summed E-state index contributed by atoms with van der Waals surface area (Å²) in [5.74, 6) is -0.230. The first kappa shape index (κ1) is 19.0. The van der Waals surface area contributed by atoms with Crippen molar-refractivity contribution in [2.75, 3.05) is 6.54 Å². The molecule has 2 N–H and O–H groups in total. The molecule has 0 spiro atoms. The van der Waals surface area contributed by atoms with Crippen LogP contribution in [-0.2, 0) is 12.0 Å². The van der Waals surface area contributed by atoms with Crippen molar-refractivity contribution in [2.24, 2.45) is 0 Å². The molecule has 0 radical (unpaired) electrons. The zero-order valence-corrected chi connectivity index (χ0v) is 15.7. The predicted molar refractivity (Wildman–Crippen MR) is 98.0 cm³/mol. The summed E-state index contributed by atoms with van der Waals surface area (Å²) in [6, 6.07) is 6.53. The van der Waals surface area contributed by atoms with Crippen LogP contribution in [0.4, 0.5) is 4.39 Å².